The molecule has 0 unspecified atom stereocenters. The van der Waals surface area contributed by atoms with Crippen molar-refractivity contribution in [2.45, 2.75) is 31.6 Å². The van der Waals surface area contributed by atoms with Gasteiger partial charge in [-0.3, -0.25) is 4.99 Å². The first-order valence-corrected chi connectivity index (χ1v) is 9.43. The summed E-state index contributed by atoms with van der Waals surface area (Å²) in [7, 11) is 1.68. The summed E-state index contributed by atoms with van der Waals surface area (Å²) in [6.07, 6.45) is 3.28. The number of nitrogens with one attached hydrogen (secondary N) is 2. The molecule has 5 nitrogen and oxygen atoms in total. The molecule has 0 bridgehead atoms. The minimum Gasteiger partial charge on any atom is -0.382 e. The summed E-state index contributed by atoms with van der Waals surface area (Å²) in [5, 5.41) is 7.48. The molecule has 0 radical (unpaired) electrons. The summed E-state index contributed by atoms with van der Waals surface area (Å²) in [6, 6.07) is 8.17. The fourth-order valence-corrected chi connectivity index (χ4v) is 2.90. The molecule has 1 aliphatic rings. The lowest BCUT2D eigenvalue weighted by molar-refractivity contribution is 0.0698. The van der Waals surface area contributed by atoms with Gasteiger partial charge in [-0.25, -0.2) is 0 Å². The average molecular weight is 496 g/mol. The number of ether oxygens (including phenoxy) is 2. The first-order valence-electron chi connectivity index (χ1n) is 9.05. The number of aliphatic imine (C=N–C) groups is 1. The highest BCUT2D eigenvalue weighted by Crippen LogP contribution is 2.48. The van der Waals surface area contributed by atoms with Crippen LogP contribution >= 0.6 is 35.6 Å². The first kappa shape index (κ1) is 23.5. The second-order valence-electron chi connectivity index (χ2n) is 6.37. The van der Waals surface area contributed by atoms with Crippen LogP contribution < -0.4 is 10.6 Å². The molecule has 1 aromatic carbocycles. The number of benzene rings is 1. The van der Waals surface area contributed by atoms with Crippen molar-refractivity contribution in [2.24, 2.45) is 4.99 Å². The third-order valence-electron chi connectivity index (χ3n) is 4.36. The molecular weight excluding hydrogens is 465 g/mol. The lowest BCUT2D eigenvalue weighted by Crippen LogP contribution is -2.38. The molecule has 1 fully saturated rings. The maximum absolute atomic E-state index is 6.14. The highest BCUT2D eigenvalue weighted by molar-refractivity contribution is 14.0. The van der Waals surface area contributed by atoms with Gasteiger partial charge in [-0.1, -0.05) is 23.7 Å². The predicted octanol–water partition coefficient (Wildman–Crippen LogP) is 3.60. The number of hydrogen-bond donors (Lipinski definition) is 2. The SMILES string of the molecule is CCNC(=NCC1(c2cccc(Cl)c2)CC1)NCCCOCCOC.I. The topological polar surface area (TPSA) is 54.9 Å². The summed E-state index contributed by atoms with van der Waals surface area (Å²) < 4.78 is 10.4. The van der Waals surface area contributed by atoms with Crippen LogP contribution in [0.25, 0.3) is 0 Å². The van der Waals surface area contributed by atoms with Crippen LogP contribution in [-0.2, 0) is 14.9 Å². The lowest BCUT2D eigenvalue weighted by atomic mass is 9.96. The Morgan fingerprint density at radius 3 is 2.69 bits per heavy atom. The molecular formula is C19H31ClIN3O2. The highest BCUT2D eigenvalue weighted by Gasteiger charge is 2.44. The van der Waals surface area contributed by atoms with Crippen molar-refractivity contribution in [2.75, 3.05) is 46.6 Å². The smallest absolute Gasteiger partial charge is 0.191 e. The Bertz CT molecular complexity index is 553. The maximum Gasteiger partial charge on any atom is 0.191 e. The summed E-state index contributed by atoms with van der Waals surface area (Å²) >= 11 is 6.14. The number of rotatable bonds is 11. The Kier molecular flexibility index (Phi) is 11.5. The van der Waals surface area contributed by atoms with Crippen LogP contribution in [-0.4, -0.2) is 52.5 Å². The molecule has 0 aromatic heterocycles. The van der Waals surface area contributed by atoms with Crippen molar-refractivity contribution in [3.8, 4) is 0 Å². The van der Waals surface area contributed by atoms with Crippen molar-refractivity contribution in [3.05, 3.63) is 34.9 Å². The zero-order valence-electron chi connectivity index (χ0n) is 15.7. The van der Waals surface area contributed by atoms with Gasteiger partial charge in [0.2, 0.25) is 0 Å². The van der Waals surface area contributed by atoms with Crippen molar-refractivity contribution in [1.82, 2.24) is 10.6 Å². The monoisotopic (exact) mass is 495 g/mol. The Hall–Kier alpha value is -0.570. The molecule has 1 aliphatic carbocycles. The number of methoxy groups -OCH3 is 1. The van der Waals surface area contributed by atoms with Gasteiger partial charge in [0.1, 0.15) is 0 Å². The Labute approximate surface area is 179 Å². The van der Waals surface area contributed by atoms with Gasteiger partial charge in [-0.2, -0.15) is 0 Å². The van der Waals surface area contributed by atoms with E-state index in [0.29, 0.717) is 13.2 Å². The molecule has 1 saturated carbocycles. The second-order valence-corrected chi connectivity index (χ2v) is 6.81. The average Bonchev–Trinajstić information content (AvgIpc) is 3.40. The largest absolute Gasteiger partial charge is 0.382 e. The molecule has 2 N–H and O–H groups in total. The van der Waals surface area contributed by atoms with Crippen LogP contribution in [0.15, 0.2) is 29.3 Å². The van der Waals surface area contributed by atoms with Crippen molar-refractivity contribution < 1.29 is 9.47 Å². The van der Waals surface area contributed by atoms with Gasteiger partial charge in [0, 0.05) is 37.2 Å². The van der Waals surface area contributed by atoms with Crippen molar-refractivity contribution >= 4 is 41.5 Å². The number of halogens is 2. The van der Waals surface area contributed by atoms with Crippen LogP contribution in [0, 0.1) is 0 Å². The summed E-state index contributed by atoms with van der Waals surface area (Å²) in [4.78, 5) is 4.79. The van der Waals surface area contributed by atoms with Crippen LogP contribution in [0.5, 0.6) is 0 Å². The Morgan fingerprint density at radius 1 is 1.23 bits per heavy atom. The van der Waals surface area contributed by atoms with E-state index in [9.17, 15) is 0 Å². The standard InChI is InChI=1S/C19H30ClN3O2.HI/c1-3-21-18(22-10-5-11-25-13-12-24-2)23-15-19(8-9-19)16-6-4-7-17(20)14-16;/h4,6-7,14H,3,5,8-13,15H2,1-2H3,(H2,21,22,23);1H. The minimum atomic E-state index is 0. The molecule has 0 spiro atoms. The van der Waals surface area contributed by atoms with Gasteiger partial charge >= 0.3 is 0 Å². The minimum absolute atomic E-state index is 0. The fraction of sp³-hybridized carbons (Fsp3) is 0.632. The molecule has 0 atom stereocenters. The van der Waals surface area contributed by atoms with Gasteiger partial charge < -0.3 is 20.1 Å². The summed E-state index contributed by atoms with van der Waals surface area (Å²) in [5.74, 6) is 0.868. The fourth-order valence-electron chi connectivity index (χ4n) is 2.70. The normalized spacial score (nSPS) is 15.3. The van der Waals surface area contributed by atoms with E-state index in [-0.39, 0.29) is 29.4 Å². The summed E-state index contributed by atoms with van der Waals surface area (Å²) in [6.45, 7) is 6.56. The molecule has 2 rings (SSSR count). The van der Waals surface area contributed by atoms with Crippen LogP contribution in [0.2, 0.25) is 5.02 Å². The van der Waals surface area contributed by atoms with E-state index in [4.69, 9.17) is 26.1 Å². The molecule has 1 aromatic rings. The van der Waals surface area contributed by atoms with E-state index in [1.807, 2.05) is 12.1 Å². The lowest BCUT2D eigenvalue weighted by Gasteiger charge is -2.16. The number of guanidine groups is 1. The molecule has 0 heterocycles. The molecule has 0 aliphatic heterocycles. The molecule has 148 valence electrons. The molecule has 0 saturated heterocycles. The first-order chi connectivity index (χ1) is 12.2. The molecule has 7 heteroatoms. The zero-order chi connectivity index (χ0) is 18.0. The second kappa shape index (κ2) is 12.8. The van der Waals surface area contributed by atoms with Crippen LogP contribution in [0.4, 0.5) is 0 Å². The molecule has 26 heavy (non-hydrogen) atoms. The Balaban J connectivity index is 0.00000338. The van der Waals surface area contributed by atoms with Gasteiger partial charge in [0.05, 0.1) is 19.8 Å². The maximum atomic E-state index is 6.14. The van der Waals surface area contributed by atoms with Gasteiger partial charge in [-0.05, 0) is 43.9 Å². The van der Waals surface area contributed by atoms with E-state index in [0.717, 1.165) is 43.6 Å². The van der Waals surface area contributed by atoms with Crippen LogP contribution in [0.1, 0.15) is 31.7 Å². The third kappa shape index (κ3) is 7.98. The van der Waals surface area contributed by atoms with Gasteiger partial charge in [0.25, 0.3) is 0 Å². The van der Waals surface area contributed by atoms with E-state index >= 15 is 0 Å². The van der Waals surface area contributed by atoms with Crippen molar-refractivity contribution in [1.29, 1.82) is 0 Å². The van der Waals surface area contributed by atoms with E-state index in [1.54, 1.807) is 7.11 Å². The zero-order valence-corrected chi connectivity index (χ0v) is 18.8. The Morgan fingerprint density at radius 2 is 2.04 bits per heavy atom. The third-order valence-corrected chi connectivity index (χ3v) is 4.60. The molecule has 0 amide bonds. The quantitative estimate of drug-likeness (QED) is 0.213. The van der Waals surface area contributed by atoms with E-state index in [2.05, 4.69) is 29.7 Å². The number of hydrogen-bond acceptors (Lipinski definition) is 3. The van der Waals surface area contributed by atoms with E-state index < -0.39 is 0 Å². The van der Waals surface area contributed by atoms with Crippen LogP contribution in [0.3, 0.4) is 0 Å². The summed E-state index contributed by atoms with van der Waals surface area (Å²) in [5.41, 5.74) is 1.46. The van der Waals surface area contributed by atoms with E-state index in [1.165, 1.54) is 18.4 Å². The number of nitrogens with zero attached hydrogens (tertiary/aromatic N) is 1. The van der Waals surface area contributed by atoms with Crippen molar-refractivity contribution in [3.63, 3.8) is 0 Å². The highest BCUT2D eigenvalue weighted by atomic mass is 127. The predicted molar refractivity (Wildman–Crippen MR) is 119 cm³/mol. The van der Waals surface area contributed by atoms with Gasteiger partial charge in [-0.15, -0.1) is 24.0 Å². The van der Waals surface area contributed by atoms with Gasteiger partial charge in [0.15, 0.2) is 5.96 Å².